The van der Waals surface area contributed by atoms with Crippen molar-refractivity contribution in [1.29, 1.82) is 0 Å². The van der Waals surface area contributed by atoms with Gasteiger partial charge in [0.05, 0.1) is 6.04 Å². The molecule has 0 heterocycles. The molecule has 1 atom stereocenters. The molecule has 0 aromatic heterocycles. The summed E-state index contributed by atoms with van der Waals surface area (Å²) in [5.74, 6) is 4.30. The summed E-state index contributed by atoms with van der Waals surface area (Å²) in [4.78, 5) is 0. The van der Waals surface area contributed by atoms with Crippen LogP contribution in [-0.4, -0.2) is 0 Å². The van der Waals surface area contributed by atoms with Crippen LogP contribution >= 0.6 is 0 Å². The zero-order valence-electron chi connectivity index (χ0n) is 8.22. The summed E-state index contributed by atoms with van der Waals surface area (Å²) < 4.78 is 25.9. The summed E-state index contributed by atoms with van der Waals surface area (Å²) in [5.41, 5.74) is 2.91. The zero-order chi connectivity index (χ0) is 10.7. The molecule has 0 saturated heterocycles. The van der Waals surface area contributed by atoms with Crippen molar-refractivity contribution in [3.05, 3.63) is 35.4 Å². The van der Waals surface area contributed by atoms with Gasteiger partial charge >= 0.3 is 0 Å². The topological polar surface area (TPSA) is 38.0 Å². The second kappa shape index (κ2) is 4.48. The van der Waals surface area contributed by atoms with Gasteiger partial charge in [0.2, 0.25) is 0 Å². The number of halogens is 2. The number of hydrogen-bond donors (Lipinski definition) is 2. The Bertz CT molecular complexity index is 313. The summed E-state index contributed by atoms with van der Waals surface area (Å²) in [6.07, 6.45) is 0. The molecule has 0 radical (unpaired) electrons. The molecule has 0 bridgehead atoms. The maximum atomic E-state index is 13.3. The smallest absolute Gasteiger partial charge is 0.130 e. The highest BCUT2D eigenvalue weighted by atomic mass is 19.1. The van der Waals surface area contributed by atoms with E-state index in [-0.39, 0.29) is 12.0 Å². The molecule has 0 amide bonds. The average Bonchev–Trinajstić information content (AvgIpc) is 2.09. The van der Waals surface area contributed by atoms with E-state index >= 15 is 0 Å². The van der Waals surface area contributed by atoms with Crippen LogP contribution in [0, 0.1) is 17.6 Å². The summed E-state index contributed by atoms with van der Waals surface area (Å²) >= 11 is 0. The number of hydrogen-bond acceptors (Lipinski definition) is 2. The Kier molecular flexibility index (Phi) is 3.55. The molecule has 0 aliphatic rings. The van der Waals surface area contributed by atoms with E-state index in [9.17, 15) is 8.78 Å². The number of nitrogens with one attached hydrogen (secondary N) is 1. The third-order valence-electron chi connectivity index (χ3n) is 2.14. The average molecular weight is 200 g/mol. The van der Waals surface area contributed by atoms with E-state index < -0.39 is 11.6 Å². The van der Waals surface area contributed by atoms with Crippen LogP contribution in [0.15, 0.2) is 18.2 Å². The van der Waals surface area contributed by atoms with E-state index in [1.54, 1.807) is 0 Å². The van der Waals surface area contributed by atoms with Crippen LogP contribution in [0.5, 0.6) is 0 Å². The lowest BCUT2D eigenvalue weighted by molar-refractivity contribution is 0.403. The van der Waals surface area contributed by atoms with Crippen LogP contribution in [0.3, 0.4) is 0 Å². The van der Waals surface area contributed by atoms with Gasteiger partial charge in [0.15, 0.2) is 0 Å². The first-order valence-electron chi connectivity index (χ1n) is 4.47. The van der Waals surface area contributed by atoms with E-state index in [1.807, 2.05) is 13.8 Å². The van der Waals surface area contributed by atoms with Crippen molar-refractivity contribution >= 4 is 0 Å². The molecule has 0 saturated carbocycles. The van der Waals surface area contributed by atoms with Gasteiger partial charge < -0.3 is 0 Å². The molecular weight excluding hydrogens is 186 g/mol. The minimum atomic E-state index is -0.578. The van der Waals surface area contributed by atoms with Gasteiger partial charge in [-0.3, -0.25) is 11.3 Å². The van der Waals surface area contributed by atoms with Gasteiger partial charge in [-0.1, -0.05) is 19.9 Å². The molecule has 4 heteroatoms. The van der Waals surface area contributed by atoms with Gasteiger partial charge in [0, 0.05) is 11.6 Å². The molecule has 1 aromatic carbocycles. The molecule has 0 fully saturated rings. The van der Waals surface area contributed by atoms with Gasteiger partial charge in [-0.2, -0.15) is 0 Å². The van der Waals surface area contributed by atoms with Gasteiger partial charge in [-0.25, -0.2) is 8.78 Å². The highest BCUT2D eigenvalue weighted by molar-refractivity contribution is 5.22. The van der Waals surface area contributed by atoms with Crippen molar-refractivity contribution in [1.82, 2.24) is 5.43 Å². The van der Waals surface area contributed by atoms with Crippen LogP contribution in [-0.2, 0) is 0 Å². The van der Waals surface area contributed by atoms with E-state index in [4.69, 9.17) is 5.84 Å². The minimum Gasteiger partial charge on any atom is -0.271 e. The van der Waals surface area contributed by atoms with Crippen molar-refractivity contribution in [2.45, 2.75) is 19.9 Å². The molecule has 1 aromatic rings. The van der Waals surface area contributed by atoms with Crippen molar-refractivity contribution in [2.75, 3.05) is 0 Å². The largest absolute Gasteiger partial charge is 0.271 e. The number of benzene rings is 1. The normalized spacial score (nSPS) is 13.3. The quantitative estimate of drug-likeness (QED) is 0.579. The van der Waals surface area contributed by atoms with E-state index in [2.05, 4.69) is 5.43 Å². The molecule has 1 unspecified atom stereocenters. The highest BCUT2D eigenvalue weighted by Crippen LogP contribution is 2.23. The maximum absolute atomic E-state index is 13.3. The lowest BCUT2D eigenvalue weighted by Gasteiger charge is -2.20. The van der Waals surface area contributed by atoms with Crippen molar-refractivity contribution in [3.8, 4) is 0 Å². The number of nitrogens with two attached hydrogens (primary N) is 1. The number of rotatable bonds is 3. The Balaban J connectivity index is 3.04. The highest BCUT2D eigenvalue weighted by Gasteiger charge is 2.17. The predicted molar refractivity (Wildman–Crippen MR) is 51.3 cm³/mol. The lowest BCUT2D eigenvalue weighted by Crippen LogP contribution is -2.32. The first kappa shape index (κ1) is 11.1. The molecule has 0 spiro atoms. The first-order chi connectivity index (χ1) is 6.56. The third-order valence-corrected chi connectivity index (χ3v) is 2.14. The van der Waals surface area contributed by atoms with E-state index in [0.29, 0.717) is 5.56 Å². The molecule has 78 valence electrons. The maximum Gasteiger partial charge on any atom is 0.130 e. The fourth-order valence-electron chi connectivity index (χ4n) is 1.40. The summed E-state index contributed by atoms with van der Waals surface area (Å²) in [7, 11) is 0. The molecule has 2 nitrogen and oxygen atoms in total. The third kappa shape index (κ3) is 2.27. The minimum absolute atomic E-state index is 0.139. The van der Waals surface area contributed by atoms with Gasteiger partial charge in [-0.15, -0.1) is 0 Å². The van der Waals surface area contributed by atoms with E-state index in [1.165, 1.54) is 12.1 Å². The Labute approximate surface area is 82.1 Å². The first-order valence-corrected chi connectivity index (χ1v) is 4.47. The van der Waals surface area contributed by atoms with Crippen molar-refractivity contribution < 1.29 is 8.78 Å². The number of hydrazine groups is 1. The van der Waals surface area contributed by atoms with Crippen LogP contribution in [0.1, 0.15) is 25.5 Å². The SMILES string of the molecule is CC(C)C(NN)c1ccc(F)cc1F. The Morgan fingerprint density at radius 2 is 1.93 bits per heavy atom. The predicted octanol–water partition coefficient (Wildman–Crippen LogP) is 2.13. The van der Waals surface area contributed by atoms with Crippen LogP contribution in [0.2, 0.25) is 0 Å². The van der Waals surface area contributed by atoms with E-state index in [0.717, 1.165) is 6.07 Å². The Morgan fingerprint density at radius 3 is 2.36 bits per heavy atom. The summed E-state index contributed by atoms with van der Waals surface area (Å²) in [6.45, 7) is 3.82. The summed E-state index contributed by atoms with van der Waals surface area (Å²) in [5, 5.41) is 0. The molecule has 1 rings (SSSR count). The second-order valence-corrected chi connectivity index (χ2v) is 3.55. The Morgan fingerprint density at radius 1 is 1.29 bits per heavy atom. The van der Waals surface area contributed by atoms with Gasteiger partial charge in [0.1, 0.15) is 11.6 Å². The fraction of sp³-hybridized carbons (Fsp3) is 0.400. The molecule has 0 aliphatic heterocycles. The monoisotopic (exact) mass is 200 g/mol. The molecule has 14 heavy (non-hydrogen) atoms. The fourth-order valence-corrected chi connectivity index (χ4v) is 1.40. The molecule has 0 aliphatic carbocycles. The van der Waals surface area contributed by atoms with Gasteiger partial charge in [0.25, 0.3) is 0 Å². The standard InChI is InChI=1S/C10H14F2N2/c1-6(2)10(14-13)8-4-3-7(11)5-9(8)12/h3-6,10,14H,13H2,1-2H3. The Hall–Kier alpha value is -1.00. The van der Waals surface area contributed by atoms with Crippen LogP contribution in [0.25, 0.3) is 0 Å². The van der Waals surface area contributed by atoms with Crippen LogP contribution < -0.4 is 11.3 Å². The lowest BCUT2D eigenvalue weighted by atomic mass is 9.96. The molecular formula is C10H14F2N2. The van der Waals surface area contributed by atoms with Crippen LogP contribution in [0.4, 0.5) is 8.78 Å². The second-order valence-electron chi connectivity index (χ2n) is 3.55. The van der Waals surface area contributed by atoms with Crippen molar-refractivity contribution in [3.63, 3.8) is 0 Å². The van der Waals surface area contributed by atoms with Crippen molar-refractivity contribution in [2.24, 2.45) is 11.8 Å². The zero-order valence-corrected chi connectivity index (χ0v) is 8.22. The summed E-state index contributed by atoms with van der Waals surface area (Å²) in [6, 6.07) is 3.21. The van der Waals surface area contributed by atoms with Gasteiger partial charge in [-0.05, 0) is 12.0 Å². The molecule has 3 N–H and O–H groups in total.